The summed E-state index contributed by atoms with van der Waals surface area (Å²) in [5.41, 5.74) is 0.881. The first-order valence-corrected chi connectivity index (χ1v) is 7.77. The predicted octanol–water partition coefficient (Wildman–Crippen LogP) is 3.42. The van der Waals surface area contributed by atoms with Gasteiger partial charge in [0.1, 0.15) is 5.03 Å². The van der Waals surface area contributed by atoms with E-state index in [0.717, 1.165) is 4.40 Å². The largest absolute Gasteiger partial charge is 0.452 e. The molecule has 0 saturated heterocycles. The summed E-state index contributed by atoms with van der Waals surface area (Å²) in [7, 11) is 1.58. The molecule has 0 N–H and O–H groups in total. The Morgan fingerprint density at radius 1 is 1.26 bits per heavy atom. The van der Waals surface area contributed by atoms with Gasteiger partial charge in [0.2, 0.25) is 5.82 Å². The fourth-order valence-electron chi connectivity index (χ4n) is 2.10. The van der Waals surface area contributed by atoms with Crippen molar-refractivity contribution < 1.29 is 17.9 Å². The number of benzene rings is 1. The Kier molecular flexibility index (Phi) is 4.15. The van der Waals surface area contributed by atoms with Gasteiger partial charge in [-0.25, -0.2) is 4.98 Å². The fourth-order valence-corrected chi connectivity index (χ4v) is 3.06. The van der Waals surface area contributed by atoms with E-state index in [2.05, 4.69) is 15.2 Å². The number of alkyl halides is 3. The van der Waals surface area contributed by atoms with E-state index in [4.69, 9.17) is 4.74 Å². The lowest BCUT2D eigenvalue weighted by atomic mass is 10.3. The summed E-state index contributed by atoms with van der Waals surface area (Å²) in [6.45, 7) is 1.87. The van der Waals surface area contributed by atoms with Crippen LogP contribution < -0.4 is 0 Å². The van der Waals surface area contributed by atoms with E-state index >= 15 is 0 Å². The average Bonchev–Trinajstić information content (AvgIpc) is 2.97. The van der Waals surface area contributed by atoms with Crippen molar-refractivity contribution in [3.05, 3.63) is 30.1 Å². The van der Waals surface area contributed by atoms with Gasteiger partial charge in [-0.3, -0.25) is 4.40 Å². The molecule has 0 radical (unpaired) electrons. The number of rotatable bonds is 4. The number of nitrogens with zero attached hydrogens (tertiary/aromatic N) is 4. The summed E-state index contributed by atoms with van der Waals surface area (Å²) in [5, 5.41) is 7.43. The Morgan fingerprint density at radius 2 is 2.00 bits per heavy atom. The molecular weight excluding hydrogens is 329 g/mol. The summed E-state index contributed by atoms with van der Waals surface area (Å²) in [5.74, 6) is -0.501. The van der Waals surface area contributed by atoms with Gasteiger partial charge in [-0.15, -0.1) is 10.2 Å². The molecule has 0 saturated carbocycles. The maximum absolute atomic E-state index is 13.2. The minimum atomic E-state index is -4.59. The van der Waals surface area contributed by atoms with Crippen LogP contribution in [0.3, 0.4) is 0 Å². The zero-order valence-corrected chi connectivity index (χ0v) is 13.1. The normalized spacial score (nSPS) is 13.8. The molecular formula is C14H13F3N4OS. The van der Waals surface area contributed by atoms with Gasteiger partial charge in [0, 0.05) is 12.9 Å². The van der Waals surface area contributed by atoms with E-state index in [-0.39, 0.29) is 11.8 Å². The molecule has 0 amide bonds. The van der Waals surface area contributed by atoms with Crippen molar-refractivity contribution in [2.75, 3.05) is 12.9 Å². The smallest absolute Gasteiger partial charge is 0.381 e. The summed E-state index contributed by atoms with van der Waals surface area (Å²) in [6, 6.07) is 6.62. The highest BCUT2D eigenvalue weighted by Gasteiger charge is 2.38. The van der Waals surface area contributed by atoms with E-state index in [1.54, 1.807) is 31.4 Å². The van der Waals surface area contributed by atoms with E-state index in [0.29, 0.717) is 21.8 Å². The molecule has 5 nitrogen and oxygen atoms in total. The van der Waals surface area contributed by atoms with Crippen molar-refractivity contribution >= 4 is 28.4 Å². The molecule has 2 heterocycles. The minimum absolute atomic E-state index is 0.0571. The van der Waals surface area contributed by atoms with Gasteiger partial charge < -0.3 is 4.74 Å². The second kappa shape index (κ2) is 5.97. The van der Waals surface area contributed by atoms with Crippen LogP contribution in [0.5, 0.6) is 0 Å². The molecule has 0 aliphatic carbocycles. The highest BCUT2D eigenvalue weighted by atomic mass is 32.2. The summed E-state index contributed by atoms with van der Waals surface area (Å²) in [6.07, 6.45) is -4.65. The maximum atomic E-state index is 13.2. The number of aromatic nitrogens is 4. The second-order valence-electron chi connectivity index (χ2n) is 4.94. The zero-order chi connectivity index (χ0) is 16.6. The molecule has 0 aliphatic heterocycles. The number of para-hydroxylation sites is 2. The Bertz CT molecular complexity index is 849. The lowest BCUT2D eigenvalue weighted by Gasteiger charge is -2.11. The van der Waals surface area contributed by atoms with Crippen LogP contribution >= 0.6 is 11.8 Å². The monoisotopic (exact) mass is 342 g/mol. The van der Waals surface area contributed by atoms with Gasteiger partial charge >= 0.3 is 6.18 Å². The first kappa shape index (κ1) is 16.0. The van der Waals surface area contributed by atoms with E-state index in [1.165, 1.54) is 11.8 Å². The molecule has 0 bridgehead atoms. The molecule has 3 rings (SSSR count). The van der Waals surface area contributed by atoms with Crippen LogP contribution in [0.4, 0.5) is 13.2 Å². The van der Waals surface area contributed by atoms with Crippen LogP contribution in [-0.2, 0) is 10.9 Å². The molecule has 3 aromatic rings. The van der Waals surface area contributed by atoms with Crippen molar-refractivity contribution in [1.82, 2.24) is 19.6 Å². The topological polar surface area (TPSA) is 52.3 Å². The van der Waals surface area contributed by atoms with Crippen molar-refractivity contribution in [3.63, 3.8) is 0 Å². The molecule has 1 unspecified atom stereocenters. The summed E-state index contributed by atoms with van der Waals surface area (Å²) in [4.78, 5) is 4.42. The molecule has 1 aromatic carbocycles. The highest BCUT2D eigenvalue weighted by Crippen LogP contribution is 2.32. The Hall–Kier alpha value is -1.87. The molecule has 0 fully saturated rings. The lowest BCUT2D eigenvalue weighted by molar-refractivity contribution is -0.145. The first-order valence-electron chi connectivity index (χ1n) is 6.78. The third kappa shape index (κ3) is 2.98. The Morgan fingerprint density at radius 3 is 2.70 bits per heavy atom. The number of fused-ring (bicyclic) bond motifs is 3. The van der Waals surface area contributed by atoms with E-state index < -0.39 is 12.0 Å². The van der Waals surface area contributed by atoms with Gasteiger partial charge in [0.25, 0.3) is 0 Å². The third-order valence-corrected chi connectivity index (χ3v) is 4.49. The van der Waals surface area contributed by atoms with Crippen molar-refractivity contribution in [2.45, 2.75) is 24.2 Å². The molecule has 0 spiro atoms. The molecule has 2 aromatic heterocycles. The number of halogens is 3. The average molecular weight is 342 g/mol. The van der Waals surface area contributed by atoms with Crippen LogP contribution in [0, 0.1) is 0 Å². The lowest BCUT2D eigenvalue weighted by Crippen LogP contribution is -2.12. The van der Waals surface area contributed by atoms with Gasteiger partial charge in [-0.05, 0) is 19.1 Å². The molecule has 1 atom stereocenters. The second-order valence-corrected chi connectivity index (χ2v) is 5.95. The van der Waals surface area contributed by atoms with Gasteiger partial charge in [-0.1, -0.05) is 23.9 Å². The molecule has 23 heavy (non-hydrogen) atoms. The number of methoxy groups -OCH3 is 1. The zero-order valence-electron chi connectivity index (χ0n) is 12.3. The van der Waals surface area contributed by atoms with Gasteiger partial charge in [0.05, 0.1) is 17.1 Å². The fraction of sp³-hybridized carbons (Fsp3) is 0.357. The standard InChI is InChI=1S/C14H13F3N4OS/c1-8(22-2)7-23-12-11-19-20-13(14(15,16)17)21(11)10-6-4-3-5-9(10)18-12/h3-6,8H,7H2,1-2H3. The Balaban J connectivity index is 2.22. The number of hydrogen-bond acceptors (Lipinski definition) is 5. The SMILES string of the molecule is COC(C)CSc1nc2ccccc2n2c(C(F)(F)F)nnc12. The number of hydrogen-bond donors (Lipinski definition) is 0. The van der Waals surface area contributed by atoms with Crippen molar-refractivity contribution in [3.8, 4) is 0 Å². The van der Waals surface area contributed by atoms with Crippen LogP contribution in [0.15, 0.2) is 29.3 Å². The highest BCUT2D eigenvalue weighted by molar-refractivity contribution is 7.99. The van der Waals surface area contributed by atoms with E-state index in [1.807, 2.05) is 6.92 Å². The first-order chi connectivity index (χ1) is 10.9. The summed E-state index contributed by atoms with van der Waals surface area (Å²) >= 11 is 1.29. The van der Waals surface area contributed by atoms with Crippen LogP contribution in [0.25, 0.3) is 16.7 Å². The van der Waals surface area contributed by atoms with Gasteiger partial charge in [-0.2, -0.15) is 13.2 Å². The minimum Gasteiger partial charge on any atom is -0.381 e. The number of thioether (sulfide) groups is 1. The molecule has 0 aliphatic rings. The van der Waals surface area contributed by atoms with Crippen molar-refractivity contribution in [2.24, 2.45) is 0 Å². The van der Waals surface area contributed by atoms with E-state index in [9.17, 15) is 13.2 Å². The maximum Gasteiger partial charge on any atom is 0.452 e. The molecule has 9 heteroatoms. The quantitative estimate of drug-likeness (QED) is 0.680. The summed E-state index contributed by atoms with van der Waals surface area (Å²) < 4.78 is 45.8. The number of ether oxygens (including phenoxy) is 1. The third-order valence-electron chi connectivity index (χ3n) is 3.31. The van der Waals surface area contributed by atoms with Crippen LogP contribution in [-0.4, -0.2) is 38.5 Å². The van der Waals surface area contributed by atoms with Crippen LogP contribution in [0.1, 0.15) is 12.7 Å². The van der Waals surface area contributed by atoms with Gasteiger partial charge in [0.15, 0.2) is 5.65 Å². The van der Waals surface area contributed by atoms with Crippen molar-refractivity contribution in [1.29, 1.82) is 0 Å². The van der Waals surface area contributed by atoms with Crippen LogP contribution in [0.2, 0.25) is 0 Å². The predicted molar refractivity (Wildman–Crippen MR) is 80.5 cm³/mol. The Labute approximate surface area is 133 Å². The molecule has 122 valence electrons.